The summed E-state index contributed by atoms with van der Waals surface area (Å²) in [5.74, 6) is -0.389. The normalized spacial score (nSPS) is 18.3. The molecule has 0 bridgehead atoms. The van der Waals surface area contributed by atoms with Crippen molar-refractivity contribution in [3.63, 3.8) is 0 Å². The summed E-state index contributed by atoms with van der Waals surface area (Å²) < 4.78 is 0. The molecule has 1 atom stereocenters. The largest absolute Gasteiger partial charge is 0.395 e. The van der Waals surface area contributed by atoms with E-state index in [0.29, 0.717) is 13.0 Å². The summed E-state index contributed by atoms with van der Waals surface area (Å²) in [5, 5.41) is 9.15. The third-order valence-corrected chi connectivity index (χ3v) is 3.97. The van der Waals surface area contributed by atoms with Crippen molar-refractivity contribution in [3.05, 3.63) is 0 Å². The van der Waals surface area contributed by atoms with E-state index in [-0.39, 0.29) is 29.5 Å². The number of aliphatic hydroxyl groups excluding tert-OH is 1. The fraction of sp³-hybridized carbons (Fsp3) is 0.846. The summed E-state index contributed by atoms with van der Waals surface area (Å²) in [4.78, 5) is 14.5. The number of carbonyl (C=O) groups is 1. The van der Waals surface area contributed by atoms with Crippen LogP contribution in [0.25, 0.3) is 0 Å². The van der Waals surface area contributed by atoms with Crippen molar-refractivity contribution in [1.82, 2.24) is 4.90 Å². The molecule has 1 unspecified atom stereocenters. The lowest BCUT2D eigenvalue weighted by molar-refractivity contribution is -0.137. The van der Waals surface area contributed by atoms with Crippen molar-refractivity contribution in [2.24, 2.45) is 11.7 Å². The number of aliphatic hydroxyl groups is 1. The maximum Gasteiger partial charge on any atom is 0.232 e. The Morgan fingerprint density at radius 1 is 1.44 bits per heavy atom. The number of thiocarbonyl (C=S) groups is 1. The minimum atomic E-state index is -0.381. The lowest BCUT2D eigenvalue weighted by Crippen LogP contribution is -2.48. The zero-order chi connectivity index (χ0) is 13.5. The van der Waals surface area contributed by atoms with Crippen molar-refractivity contribution >= 4 is 23.1 Å². The Kier molecular flexibility index (Phi) is 6.57. The standard InChI is InChI=1S/C13H24N2O2S/c1-2-11(12(14)18)13(17)15(8-9-16)10-6-4-3-5-7-10/h10-11,16H,2-9H2,1H3,(H2,14,18). The molecule has 1 fully saturated rings. The monoisotopic (exact) mass is 272 g/mol. The van der Waals surface area contributed by atoms with Gasteiger partial charge in [-0.3, -0.25) is 4.79 Å². The Balaban J connectivity index is 2.75. The number of hydrogen-bond acceptors (Lipinski definition) is 3. The highest BCUT2D eigenvalue weighted by atomic mass is 32.1. The third-order valence-electron chi connectivity index (χ3n) is 3.69. The van der Waals surface area contributed by atoms with Crippen LogP contribution >= 0.6 is 12.2 Å². The van der Waals surface area contributed by atoms with Crippen LogP contribution in [0.5, 0.6) is 0 Å². The first-order valence-electron chi connectivity index (χ1n) is 6.82. The van der Waals surface area contributed by atoms with Crippen LogP contribution in [-0.2, 0) is 4.79 Å². The van der Waals surface area contributed by atoms with E-state index < -0.39 is 0 Å². The van der Waals surface area contributed by atoms with Gasteiger partial charge in [0.2, 0.25) is 5.91 Å². The number of carbonyl (C=O) groups excluding carboxylic acids is 1. The summed E-state index contributed by atoms with van der Waals surface area (Å²) in [6.45, 7) is 2.30. The predicted molar refractivity (Wildman–Crippen MR) is 76.2 cm³/mol. The number of rotatable bonds is 6. The van der Waals surface area contributed by atoms with E-state index in [4.69, 9.17) is 23.1 Å². The van der Waals surface area contributed by atoms with Gasteiger partial charge >= 0.3 is 0 Å². The molecule has 0 saturated heterocycles. The van der Waals surface area contributed by atoms with Crippen LogP contribution in [0.2, 0.25) is 0 Å². The second-order valence-electron chi connectivity index (χ2n) is 4.91. The quantitative estimate of drug-likeness (QED) is 0.718. The second kappa shape index (κ2) is 7.69. The van der Waals surface area contributed by atoms with Gasteiger partial charge in [0.15, 0.2) is 0 Å². The first kappa shape index (κ1) is 15.4. The smallest absolute Gasteiger partial charge is 0.232 e. The third kappa shape index (κ3) is 3.92. The molecule has 1 aliphatic rings. The van der Waals surface area contributed by atoms with Crippen LogP contribution in [0.3, 0.4) is 0 Å². The highest BCUT2D eigenvalue weighted by molar-refractivity contribution is 7.80. The summed E-state index contributed by atoms with van der Waals surface area (Å²) in [6.07, 6.45) is 6.24. The molecule has 0 spiro atoms. The summed E-state index contributed by atoms with van der Waals surface area (Å²) in [6, 6.07) is 0.252. The molecule has 1 saturated carbocycles. The predicted octanol–water partition coefficient (Wildman–Crippen LogP) is 1.45. The van der Waals surface area contributed by atoms with Gasteiger partial charge in [0.1, 0.15) is 0 Å². The Labute approximate surface area is 115 Å². The average molecular weight is 272 g/mol. The molecule has 0 radical (unpaired) electrons. The Morgan fingerprint density at radius 3 is 2.50 bits per heavy atom. The molecule has 0 aromatic heterocycles. The number of nitrogens with two attached hydrogens (primary N) is 1. The zero-order valence-corrected chi connectivity index (χ0v) is 11.9. The van der Waals surface area contributed by atoms with Crippen molar-refractivity contribution < 1.29 is 9.90 Å². The van der Waals surface area contributed by atoms with E-state index in [9.17, 15) is 4.79 Å². The molecule has 0 aromatic rings. The molecule has 104 valence electrons. The van der Waals surface area contributed by atoms with Gasteiger partial charge in [-0.25, -0.2) is 0 Å². The van der Waals surface area contributed by atoms with Gasteiger partial charge in [0, 0.05) is 12.6 Å². The number of nitrogens with zero attached hydrogens (tertiary/aromatic N) is 1. The van der Waals surface area contributed by atoms with E-state index in [2.05, 4.69) is 0 Å². The molecule has 1 aliphatic carbocycles. The molecule has 0 heterocycles. The van der Waals surface area contributed by atoms with Crippen LogP contribution in [-0.4, -0.2) is 40.1 Å². The SMILES string of the molecule is CCC(C(=O)N(CCO)C1CCCCC1)C(N)=S. The Bertz CT molecular complexity index is 291. The van der Waals surface area contributed by atoms with Crippen LogP contribution < -0.4 is 5.73 Å². The molecule has 4 nitrogen and oxygen atoms in total. The number of hydrogen-bond donors (Lipinski definition) is 2. The topological polar surface area (TPSA) is 66.6 Å². The van der Waals surface area contributed by atoms with Gasteiger partial charge < -0.3 is 15.7 Å². The molecule has 0 aliphatic heterocycles. The fourth-order valence-electron chi connectivity index (χ4n) is 2.67. The Morgan fingerprint density at radius 2 is 2.06 bits per heavy atom. The van der Waals surface area contributed by atoms with Gasteiger partial charge in [0.05, 0.1) is 17.5 Å². The van der Waals surface area contributed by atoms with Crippen LogP contribution in [0.4, 0.5) is 0 Å². The van der Waals surface area contributed by atoms with E-state index in [1.54, 1.807) is 4.90 Å². The van der Waals surface area contributed by atoms with Gasteiger partial charge in [-0.15, -0.1) is 0 Å². The molecule has 1 rings (SSSR count). The van der Waals surface area contributed by atoms with Crippen molar-refractivity contribution in [2.75, 3.05) is 13.2 Å². The van der Waals surface area contributed by atoms with E-state index in [0.717, 1.165) is 25.7 Å². The number of amides is 1. The minimum absolute atomic E-state index is 0.00396. The first-order valence-corrected chi connectivity index (χ1v) is 7.23. The molecular weight excluding hydrogens is 248 g/mol. The van der Waals surface area contributed by atoms with Gasteiger partial charge in [-0.1, -0.05) is 38.4 Å². The minimum Gasteiger partial charge on any atom is -0.395 e. The molecule has 1 amide bonds. The summed E-state index contributed by atoms with van der Waals surface area (Å²) in [5.41, 5.74) is 5.63. The summed E-state index contributed by atoms with van der Waals surface area (Å²) in [7, 11) is 0. The highest BCUT2D eigenvalue weighted by Gasteiger charge is 2.30. The average Bonchev–Trinajstić information content (AvgIpc) is 2.37. The molecule has 3 N–H and O–H groups in total. The van der Waals surface area contributed by atoms with E-state index in [1.165, 1.54) is 6.42 Å². The lowest BCUT2D eigenvalue weighted by Gasteiger charge is -2.36. The van der Waals surface area contributed by atoms with Crippen molar-refractivity contribution in [1.29, 1.82) is 0 Å². The first-order chi connectivity index (χ1) is 8.61. The summed E-state index contributed by atoms with van der Waals surface area (Å²) >= 11 is 4.96. The zero-order valence-electron chi connectivity index (χ0n) is 11.1. The van der Waals surface area contributed by atoms with Gasteiger partial charge in [-0.2, -0.15) is 0 Å². The molecule has 5 heteroatoms. The second-order valence-corrected chi connectivity index (χ2v) is 5.38. The van der Waals surface area contributed by atoms with Gasteiger partial charge in [-0.05, 0) is 19.3 Å². The highest BCUT2D eigenvalue weighted by Crippen LogP contribution is 2.24. The molecule has 18 heavy (non-hydrogen) atoms. The van der Waals surface area contributed by atoms with Gasteiger partial charge in [0.25, 0.3) is 0 Å². The van der Waals surface area contributed by atoms with Crippen LogP contribution in [0.15, 0.2) is 0 Å². The van der Waals surface area contributed by atoms with Crippen LogP contribution in [0.1, 0.15) is 45.4 Å². The lowest BCUT2D eigenvalue weighted by atomic mass is 9.92. The molecule has 0 aromatic carbocycles. The molecular formula is C13H24N2O2S. The Hall–Kier alpha value is -0.680. The maximum atomic E-state index is 12.5. The van der Waals surface area contributed by atoms with Crippen LogP contribution in [0, 0.1) is 5.92 Å². The van der Waals surface area contributed by atoms with Crippen molar-refractivity contribution in [2.45, 2.75) is 51.5 Å². The van der Waals surface area contributed by atoms with Crippen molar-refractivity contribution in [3.8, 4) is 0 Å². The maximum absolute atomic E-state index is 12.5. The van der Waals surface area contributed by atoms with E-state index >= 15 is 0 Å². The fourth-order valence-corrected chi connectivity index (χ4v) is 2.94. The van der Waals surface area contributed by atoms with E-state index in [1.807, 2.05) is 6.92 Å².